The van der Waals surface area contributed by atoms with Gasteiger partial charge in [0.2, 0.25) is 5.75 Å². The molecule has 38 heavy (non-hydrogen) atoms. The number of ether oxygens (including phenoxy) is 4. The van der Waals surface area contributed by atoms with Gasteiger partial charge in [-0.25, -0.2) is 0 Å². The summed E-state index contributed by atoms with van der Waals surface area (Å²) in [7, 11) is 5.84. The highest BCUT2D eigenvalue weighted by Crippen LogP contribution is 2.46. The molecule has 1 saturated heterocycles. The summed E-state index contributed by atoms with van der Waals surface area (Å²) in [4.78, 5) is 30.3. The maximum Gasteiger partial charge on any atom is 0.295 e. The molecule has 0 aromatic heterocycles. The van der Waals surface area contributed by atoms with Crippen molar-refractivity contribution in [1.29, 1.82) is 0 Å². The number of hydrogen-bond acceptors (Lipinski definition) is 8. The Morgan fingerprint density at radius 2 is 1.42 bits per heavy atom. The highest BCUT2D eigenvalue weighted by atomic mass is 35.5. The third kappa shape index (κ3) is 5.50. The van der Waals surface area contributed by atoms with Crippen LogP contribution in [0, 0.1) is 0 Å². The number of likely N-dealkylation sites (tertiary alicyclic amines) is 1. The summed E-state index contributed by atoms with van der Waals surface area (Å²) in [5.74, 6) is -0.720. The molecule has 1 atom stereocenters. The lowest BCUT2D eigenvalue weighted by molar-refractivity contribution is -0.140. The number of Topliss-reactive ketones (excluding diaryl/α,β-unsaturated/α-hetero) is 1. The van der Waals surface area contributed by atoms with Crippen LogP contribution < -0.4 is 18.9 Å². The number of nitrogens with zero attached hydrogens (tertiary/aromatic N) is 2. The first-order valence-electron chi connectivity index (χ1n) is 12.0. The number of likely N-dealkylation sites (N-methyl/N-ethyl adjacent to an activating group) is 1. The largest absolute Gasteiger partial charge is 0.507 e. The minimum Gasteiger partial charge on any atom is -0.507 e. The first kappa shape index (κ1) is 29.4. The molecule has 11 heteroatoms. The number of ketones is 1. The van der Waals surface area contributed by atoms with Gasteiger partial charge in [-0.1, -0.05) is 37.0 Å². The molecular weight excluding hydrogens is 535 g/mol. The van der Waals surface area contributed by atoms with Crippen LogP contribution in [-0.2, 0) is 9.59 Å². The number of hydrogen-bond donors (Lipinski definition) is 1. The van der Waals surface area contributed by atoms with Crippen molar-refractivity contribution in [1.82, 2.24) is 9.80 Å². The molecule has 1 N–H and O–H groups in total. The molecule has 0 spiro atoms. The van der Waals surface area contributed by atoms with Gasteiger partial charge in [0.15, 0.2) is 17.2 Å². The molecule has 1 unspecified atom stereocenters. The van der Waals surface area contributed by atoms with Crippen molar-refractivity contribution in [2.24, 2.45) is 0 Å². The number of benzene rings is 2. The fourth-order valence-electron chi connectivity index (χ4n) is 4.55. The van der Waals surface area contributed by atoms with Gasteiger partial charge in [-0.2, -0.15) is 0 Å². The molecule has 1 fully saturated rings. The molecule has 2 aromatic rings. The third-order valence-electron chi connectivity index (χ3n) is 6.57. The summed E-state index contributed by atoms with van der Waals surface area (Å²) in [5.41, 5.74) is 0.548. The smallest absolute Gasteiger partial charge is 0.295 e. The Balaban J connectivity index is 2.27. The van der Waals surface area contributed by atoms with Crippen LogP contribution >= 0.6 is 23.2 Å². The van der Waals surface area contributed by atoms with Crippen LogP contribution in [0.15, 0.2) is 29.8 Å². The van der Waals surface area contributed by atoms with Crippen molar-refractivity contribution < 1.29 is 33.6 Å². The van der Waals surface area contributed by atoms with Gasteiger partial charge < -0.3 is 33.9 Å². The molecule has 0 bridgehead atoms. The number of carbonyl (C=O) groups is 2. The van der Waals surface area contributed by atoms with Crippen LogP contribution in [0.25, 0.3) is 5.76 Å². The van der Waals surface area contributed by atoms with Crippen molar-refractivity contribution in [3.63, 3.8) is 0 Å². The van der Waals surface area contributed by atoms with E-state index in [1.807, 2.05) is 13.8 Å². The molecule has 1 amide bonds. The average Bonchev–Trinajstić information content (AvgIpc) is 3.17. The highest BCUT2D eigenvalue weighted by molar-refractivity contribution is 6.46. The van der Waals surface area contributed by atoms with E-state index in [4.69, 9.17) is 42.1 Å². The Labute approximate surface area is 232 Å². The van der Waals surface area contributed by atoms with Gasteiger partial charge in [-0.15, -0.1) is 0 Å². The van der Waals surface area contributed by atoms with Crippen LogP contribution in [0.1, 0.15) is 31.0 Å². The number of aliphatic hydroxyl groups excluding tert-OH is 1. The van der Waals surface area contributed by atoms with Gasteiger partial charge in [0.25, 0.3) is 11.7 Å². The minimum atomic E-state index is -0.945. The molecule has 9 nitrogen and oxygen atoms in total. The van der Waals surface area contributed by atoms with E-state index >= 15 is 0 Å². The number of methoxy groups -OCH3 is 4. The molecule has 1 aliphatic rings. The number of aliphatic hydroxyl groups is 1. The molecular formula is C27H32Cl2N2O7. The molecule has 3 rings (SSSR count). The zero-order valence-electron chi connectivity index (χ0n) is 22.3. The van der Waals surface area contributed by atoms with E-state index in [2.05, 4.69) is 4.90 Å². The predicted molar refractivity (Wildman–Crippen MR) is 146 cm³/mol. The number of rotatable bonds is 11. The normalized spacial score (nSPS) is 16.8. The van der Waals surface area contributed by atoms with Gasteiger partial charge in [0.05, 0.1) is 50.1 Å². The summed E-state index contributed by atoms with van der Waals surface area (Å²) in [5, 5.41) is 11.7. The average molecular weight is 567 g/mol. The second-order valence-corrected chi connectivity index (χ2v) is 9.27. The monoisotopic (exact) mass is 566 g/mol. The second-order valence-electron chi connectivity index (χ2n) is 8.45. The van der Waals surface area contributed by atoms with Crippen LogP contribution in [-0.4, -0.2) is 81.2 Å². The van der Waals surface area contributed by atoms with Gasteiger partial charge in [-0.05, 0) is 42.9 Å². The minimum absolute atomic E-state index is 0.110. The van der Waals surface area contributed by atoms with Crippen molar-refractivity contribution in [2.45, 2.75) is 19.9 Å². The summed E-state index contributed by atoms with van der Waals surface area (Å²) in [6.07, 6.45) is 0. The van der Waals surface area contributed by atoms with Gasteiger partial charge >= 0.3 is 0 Å². The molecule has 0 saturated carbocycles. The number of amides is 1. The lowest BCUT2D eigenvalue weighted by atomic mass is 9.94. The van der Waals surface area contributed by atoms with E-state index < -0.39 is 23.5 Å². The summed E-state index contributed by atoms with van der Waals surface area (Å²) in [6, 6.07) is 5.22. The molecule has 0 aliphatic carbocycles. The Hall–Kier alpha value is -3.14. The molecule has 206 valence electrons. The van der Waals surface area contributed by atoms with Crippen LogP contribution in [0.4, 0.5) is 0 Å². The first-order chi connectivity index (χ1) is 18.2. The van der Waals surface area contributed by atoms with E-state index in [-0.39, 0.29) is 33.5 Å². The predicted octanol–water partition coefficient (Wildman–Crippen LogP) is 4.79. The summed E-state index contributed by atoms with van der Waals surface area (Å²) < 4.78 is 21.7. The van der Waals surface area contributed by atoms with Crippen molar-refractivity contribution in [3.05, 3.63) is 51.0 Å². The fourth-order valence-corrected chi connectivity index (χ4v) is 5.19. The number of halogens is 2. The highest BCUT2D eigenvalue weighted by Gasteiger charge is 2.46. The second kappa shape index (κ2) is 12.6. The Kier molecular flexibility index (Phi) is 9.76. The molecule has 0 radical (unpaired) electrons. The van der Waals surface area contributed by atoms with E-state index in [1.165, 1.54) is 45.5 Å². The Morgan fingerprint density at radius 3 is 1.87 bits per heavy atom. The van der Waals surface area contributed by atoms with E-state index in [9.17, 15) is 14.7 Å². The van der Waals surface area contributed by atoms with Crippen molar-refractivity contribution in [2.75, 3.05) is 54.6 Å². The van der Waals surface area contributed by atoms with Gasteiger partial charge in [-0.3, -0.25) is 9.59 Å². The SMILES string of the molecule is CCN(CC)CCN1C(=O)C(=O)/C(=C(/O)c2cc(Cl)c(OC)c(Cl)c2)C1c1cc(OC)c(OC)c(OC)c1. The van der Waals surface area contributed by atoms with Gasteiger partial charge in [0.1, 0.15) is 5.76 Å². The van der Waals surface area contributed by atoms with Crippen molar-refractivity contribution >= 4 is 40.7 Å². The molecule has 1 aliphatic heterocycles. The standard InChI is InChI=1S/C27H32Cl2N2O7/c1-7-30(8-2)9-10-31-22(15-13-19(35-3)26(38-6)20(14-15)36-4)21(24(33)27(31)34)23(32)16-11-17(28)25(37-5)18(29)12-16/h11-14,22,32H,7-10H2,1-6H3/b23-21+. The Bertz CT molecular complexity index is 1200. The van der Waals surface area contributed by atoms with E-state index in [0.29, 0.717) is 29.4 Å². The summed E-state index contributed by atoms with van der Waals surface area (Å²) in [6.45, 7) is 6.36. The van der Waals surface area contributed by atoms with Crippen molar-refractivity contribution in [3.8, 4) is 23.0 Å². The fraction of sp³-hybridized carbons (Fsp3) is 0.407. The molecule has 1 heterocycles. The number of carbonyl (C=O) groups excluding carboxylic acids is 2. The van der Waals surface area contributed by atoms with E-state index in [1.54, 1.807) is 12.1 Å². The maximum absolute atomic E-state index is 13.4. The van der Waals surface area contributed by atoms with Gasteiger partial charge in [0, 0.05) is 18.7 Å². The van der Waals surface area contributed by atoms with E-state index in [0.717, 1.165) is 13.1 Å². The maximum atomic E-state index is 13.4. The van der Waals surface area contributed by atoms with Crippen LogP contribution in [0.2, 0.25) is 10.0 Å². The Morgan fingerprint density at radius 1 is 0.895 bits per heavy atom. The topological polar surface area (TPSA) is 97.8 Å². The summed E-state index contributed by atoms with van der Waals surface area (Å²) >= 11 is 12.6. The first-order valence-corrected chi connectivity index (χ1v) is 12.8. The lowest BCUT2D eigenvalue weighted by Crippen LogP contribution is -2.38. The lowest BCUT2D eigenvalue weighted by Gasteiger charge is -2.29. The zero-order valence-corrected chi connectivity index (χ0v) is 23.8. The zero-order chi connectivity index (χ0) is 28.1. The van der Waals surface area contributed by atoms with Crippen LogP contribution in [0.5, 0.6) is 23.0 Å². The quantitative estimate of drug-likeness (QED) is 0.235. The third-order valence-corrected chi connectivity index (χ3v) is 7.13. The van der Waals surface area contributed by atoms with Crippen LogP contribution in [0.3, 0.4) is 0 Å². The molecule has 2 aromatic carbocycles.